The molecular formula is C14H15N3O2S2. The third-order valence-corrected chi connectivity index (χ3v) is 5.54. The highest BCUT2D eigenvalue weighted by Crippen LogP contribution is 2.16. The minimum atomic E-state index is -3.51. The largest absolute Gasteiger partial charge is 0.297 e. The van der Waals surface area contributed by atoms with Crippen molar-refractivity contribution in [2.45, 2.75) is 25.3 Å². The van der Waals surface area contributed by atoms with Crippen LogP contribution in [-0.2, 0) is 16.6 Å². The average molecular weight is 321 g/mol. The van der Waals surface area contributed by atoms with E-state index in [1.807, 2.05) is 42.1 Å². The summed E-state index contributed by atoms with van der Waals surface area (Å²) >= 11 is 1.52. The summed E-state index contributed by atoms with van der Waals surface area (Å²) in [5.41, 5.74) is 2.73. The number of nitrogens with one attached hydrogen (secondary N) is 1. The van der Waals surface area contributed by atoms with Crippen molar-refractivity contribution in [2.75, 3.05) is 0 Å². The standard InChI is InChI=1S/C14H15N3O2S2/c1-10-3-4-13(7-11(10)2)21(18,19)15-8-12-9-17-5-6-20-14(17)16-12/h3-7,9,15H,8H2,1-2H3. The van der Waals surface area contributed by atoms with Crippen molar-refractivity contribution in [3.05, 3.63) is 52.8 Å². The zero-order chi connectivity index (χ0) is 15.0. The van der Waals surface area contributed by atoms with Gasteiger partial charge in [0.15, 0.2) is 4.96 Å². The van der Waals surface area contributed by atoms with Gasteiger partial charge in [0.2, 0.25) is 10.0 Å². The molecule has 0 amide bonds. The lowest BCUT2D eigenvalue weighted by Crippen LogP contribution is -2.23. The Bertz CT molecular complexity index is 865. The molecule has 21 heavy (non-hydrogen) atoms. The van der Waals surface area contributed by atoms with Crippen LogP contribution < -0.4 is 4.72 Å². The lowest BCUT2D eigenvalue weighted by atomic mass is 10.1. The van der Waals surface area contributed by atoms with Crippen molar-refractivity contribution in [3.63, 3.8) is 0 Å². The van der Waals surface area contributed by atoms with Crippen LogP contribution in [-0.4, -0.2) is 17.8 Å². The third kappa shape index (κ3) is 2.85. The second-order valence-electron chi connectivity index (χ2n) is 4.90. The molecule has 110 valence electrons. The molecule has 0 aliphatic rings. The molecule has 0 saturated carbocycles. The van der Waals surface area contributed by atoms with Gasteiger partial charge in [-0.05, 0) is 37.1 Å². The minimum Gasteiger partial charge on any atom is -0.297 e. The number of hydrogen-bond acceptors (Lipinski definition) is 4. The van der Waals surface area contributed by atoms with E-state index in [-0.39, 0.29) is 11.4 Å². The van der Waals surface area contributed by atoms with Crippen molar-refractivity contribution in [1.82, 2.24) is 14.1 Å². The summed E-state index contributed by atoms with van der Waals surface area (Å²) in [6, 6.07) is 5.12. The van der Waals surface area contributed by atoms with Crippen molar-refractivity contribution < 1.29 is 8.42 Å². The Kier molecular flexibility index (Phi) is 3.56. The number of rotatable bonds is 4. The van der Waals surface area contributed by atoms with E-state index in [0.29, 0.717) is 5.69 Å². The van der Waals surface area contributed by atoms with E-state index in [1.54, 1.807) is 12.1 Å². The molecule has 2 aromatic heterocycles. The van der Waals surface area contributed by atoms with Crippen LogP contribution in [0.2, 0.25) is 0 Å². The first kappa shape index (κ1) is 14.2. The van der Waals surface area contributed by atoms with E-state index in [1.165, 1.54) is 11.3 Å². The van der Waals surface area contributed by atoms with Gasteiger partial charge < -0.3 is 0 Å². The van der Waals surface area contributed by atoms with Crippen LogP contribution in [0.5, 0.6) is 0 Å². The summed E-state index contributed by atoms with van der Waals surface area (Å²) in [5.74, 6) is 0. The van der Waals surface area contributed by atoms with Crippen LogP contribution in [0.25, 0.3) is 4.96 Å². The lowest BCUT2D eigenvalue weighted by molar-refractivity contribution is 0.580. The SMILES string of the molecule is Cc1ccc(S(=O)(=O)NCc2cn3ccsc3n2)cc1C. The number of hydrogen-bond donors (Lipinski definition) is 1. The molecule has 0 bridgehead atoms. The Morgan fingerprint density at radius 1 is 1.29 bits per heavy atom. The highest BCUT2D eigenvalue weighted by atomic mass is 32.2. The second-order valence-corrected chi connectivity index (χ2v) is 7.54. The van der Waals surface area contributed by atoms with Crippen LogP contribution in [0.15, 0.2) is 40.9 Å². The van der Waals surface area contributed by atoms with Crippen molar-refractivity contribution in [1.29, 1.82) is 0 Å². The Balaban J connectivity index is 1.79. The van der Waals surface area contributed by atoms with Gasteiger partial charge >= 0.3 is 0 Å². The minimum absolute atomic E-state index is 0.184. The number of aryl methyl sites for hydroxylation is 2. The summed E-state index contributed by atoms with van der Waals surface area (Å²) in [6.45, 7) is 4.04. The molecule has 3 rings (SSSR count). The Morgan fingerprint density at radius 2 is 2.10 bits per heavy atom. The van der Waals surface area contributed by atoms with Crippen molar-refractivity contribution >= 4 is 26.3 Å². The van der Waals surface area contributed by atoms with Crippen molar-refractivity contribution in [2.24, 2.45) is 0 Å². The van der Waals surface area contributed by atoms with Crippen LogP contribution in [0.4, 0.5) is 0 Å². The molecule has 3 aromatic rings. The van der Waals surface area contributed by atoms with Crippen LogP contribution >= 0.6 is 11.3 Å². The summed E-state index contributed by atoms with van der Waals surface area (Å²) < 4.78 is 29.0. The van der Waals surface area contributed by atoms with Gasteiger partial charge in [0.1, 0.15) is 0 Å². The van der Waals surface area contributed by atoms with Crippen LogP contribution in [0.3, 0.4) is 0 Å². The van der Waals surface area contributed by atoms with E-state index in [2.05, 4.69) is 9.71 Å². The lowest BCUT2D eigenvalue weighted by Gasteiger charge is -2.07. The third-order valence-electron chi connectivity index (χ3n) is 3.38. The fraction of sp³-hybridized carbons (Fsp3) is 0.214. The normalized spacial score (nSPS) is 12.1. The van der Waals surface area contributed by atoms with Gasteiger partial charge in [-0.3, -0.25) is 4.40 Å². The van der Waals surface area contributed by atoms with Gasteiger partial charge in [-0.1, -0.05) is 6.07 Å². The molecule has 0 fully saturated rings. The Labute approximate surface area is 127 Å². The molecule has 7 heteroatoms. The smallest absolute Gasteiger partial charge is 0.240 e. The molecule has 0 aliphatic carbocycles. The zero-order valence-corrected chi connectivity index (χ0v) is 13.3. The van der Waals surface area contributed by atoms with Crippen molar-refractivity contribution in [3.8, 4) is 0 Å². The summed E-state index contributed by atoms with van der Waals surface area (Å²) in [6.07, 6.45) is 3.73. The molecule has 0 aliphatic heterocycles. The predicted molar refractivity (Wildman–Crippen MR) is 83.0 cm³/mol. The molecule has 0 radical (unpaired) electrons. The average Bonchev–Trinajstić information content (AvgIpc) is 3.00. The van der Waals surface area contributed by atoms with Gasteiger partial charge in [0, 0.05) is 17.8 Å². The van der Waals surface area contributed by atoms with E-state index in [0.717, 1.165) is 16.1 Å². The number of nitrogens with zero attached hydrogens (tertiary/aromatic N) is 2. The quantitative estimate of drug-likeness (QED) is 0.803. The Hall–Kier alpha value is -1.70. The van der Waals surface area contributed by atoms with E-state index in [4.69, 9.17) is 0 Å². The first-order valence-electron chi connectivity index (χ1n) is 6.44. The van der Waals surface area contributed by atoms with E-state index >= 15 is 0 Å². The monoisotopic (exact) mass is 321 g/mol. The fourth-order valence-corrected chi connectivity index (χ4v) is 3.80. The number of aromatic nitrogens is 2. The van der Waals surface area contributed by atoms with Gasteiger partial charge in [0.05, 0.1) is 17.1 Å². The van der Waals surface area contributed by atoms with E-state index in [9.17, 15) is 8.42 Å². The summed E-state index contributed by atoms with van der Waals surface area (Å²) in [7, 11) is -3.51. The second kappa shape index (κ2) is 5.25. The molecule has 5 nitrogen and oxygen atoms in total. The fourth-order valence-electron chi connectivity index (χ4n) is 1.99. The highest BCUT2D eigenvalue weighted by molar-refractivity contribution is 7.89. The Morgan fingerprint density at radius 3 is 2.81 bits per heavy atom. The highest BCUT2D eigenvalue weighted by Gasteiger charge is 2.15. The number of benzene rings is 1. The van der Waals surface area contributed by atoms with Gasteiger partial charge in [0.25, 0.3) is 0 Å². The molecule has 1 N–H and O–H groups in total. The summed E-state index contributed by atoms with van der Waals surface area (Å²) in [5, 5.41) is 1.94. The molecule has 2 heterocycles. The van der Waals surface area contributed by atoms with Gasteiger partial charge in [-0.25, -0.2) is 18.1 Å². The maximum absolute atomic E-state index is 12.3. The number of thiazole rings is 1. The number of fused-ring (bicyclic) bond motifs is 1. The molecule has 1 aromatic carbocycles. The topological polar surface area (TPSA) is 63.5 Å². The van der Waals surface area contributed by atoms with Gasteiger partial charge in [-0.15, -0.1) is 11.3 Å². The maximum Gasteiger partial charge on any atom is 0.240 e. The first-order chi connectivity index (χ1) is 9.95. The van der Waals surface area contributed by atoms with Gasteiger partial charge in [-0.2, -0.15) is 0 Å². The first-order valence-corrected chi connectivity index (χ1v) is 8.80. The molecule has 0 unspecified atom stereocenters. The predicted octanol–water partition coefficient (Wildman–Crippen LogP) is 2.49. The van der Waals surface area contributed by atoms with Crippen LogP contribution in [0, 0.1) is 13.8 Å². The van der Waals surface area contributed by atoms with E-state index < -0.39 is 10.0 Å². The van der Waals surface area contributed by atoms with Crippen LogP contribution in [0.1, 0.15) is 16.8 Å². The summed E-state index contributed by atoms with van der Waals surface area (Å²) in [4.78, 5) is 5.50. The zero-order valence-electron chi connectivity index (χ0n) is 11.7. The molecular weight excluding hydrogens is 306 g/mol. The number of imidazole rings is 1. The number of sulfonamides is 1. The molecule has 0 saturated heterocycles. The molecule has 0 spiro atoms. The molecule has 0 atom stereocenters. The maximum atomic E-state index is 12.3.